The number of halogens is 3. The Labute approximate surface area is 189 Å². The molecule has 2 aromatic rings. The molecule has 2 aromatic carbocycles. The lowest BCUT2D eigenvalue weighted by molar-refractivity contribution is -0.0884. The van der Waals surface area contributed by atoms with Gasteiger partial charge in [-0.05, 0) is 47.2 Å². The van der Waals surface area contributed by atoms with Gasteiger partial charge in [-0.1, -0.05) is 63.2 Å². The SMILES string of the molecule is CCC=C(C=C(c1ccc(-c2cccc(S(C)(=O)=O)c2)cc1)N(C)CC(C)C)C(F)(F)F. The van der Waals surface area contributed by atoms with Crippen LogP contribution in [-0.2, 0) is 9.84 Å². The smallest absolute Gasteiger partial charge is 0.374 e. The third-order valence-corrected chi connectivity index (χ3v) is 5.98. The second-order valence-corrected chi connectivity index (χ2v) is 10.3. The summed E-state index contributed by atoms with van der Waals surface area (Å²) in [5.41, 5.74) is 1.97. The normalized spacial score (nSPS) is 13.5. The van der Waals surface area contributed by atoms with Crippen LogP contribution >= 0.6 is 0 Å². The molecule has 0 aliphatic rings. The van der Waals surface area contributed by atoms with Gasteiger partial charge in [0.05, 0.1) is 10.5 Å². The van der Waals surface area contributed by atoms with E-state index < -0.39 is 21.6 Å². The molecule has 0 saturated carbocycles. The van der Waals surface area contributed by atoms with Crippen molar-refractivity contribution in [3.63, 3.8) is 0 Å². The standard InChI is InChI=1S/C25H30F3NO2S/c1-6-8-22(25(26,27)28)16-24(29(4)17-18(2)3)20-13-11-19(12-14-20)21-9-7-10-23(15-21)32(5,30)31/h7-16,18H,6,17H2,1-5H3. The lowest BCUT2D eigenvalue weighted by Gasteiger charge is -2.26. The first-order valence-electron chi connectivity index (χ1n) is 10.4. The van der Waals surface area contributed by atoms with E-state index in [1.165, 1.54) is 18.2 Å². The third-order valence-electron chi connectivity index (χ3n) is 4.87. The molecule has 0 atom stereocenters. The van der Waals surface area contributed by atoms with Crippen LogP contribution in [-0.4, -0.2) is 39.3 Å². The summed E-state index contributed by atoms with van der Waals surface area (Å²) in [6.45, 7) is 6.30. The van der Waals surface area contributed by atoms with E-state index in [1.54, 1.807) is 56.4 Å². The Balaban J connectivity index is 2.52. The van der Waals surface area contributed by atoms with Crippen LogP contribution in [0.25, 0.3) is 16.8 Å². The molecule has 0 saturated heterocycles. The minimum atomic E-state index is -4.44. The first kappa shape index (κ1) is 25.7. The van der Waals surface area contributed by atoms with Gasteiger partial charge in [-0.25, -0.2) is 8.42 Å². The van der Waals surface area contributed by atoms with Gasteiger partial charge in [-0.3, -0.25) is 0 Å². The highest BCUT2D eigenvalue weighted by Crippen LogP contribution is 2.32. The number of hydrogen-bond acceptors (Lipinski definition) is 3. The monoisotopic (exact) mass is 465 g/mol. The van der Waals surface area contributed by atoms with E-state index in [9.17, 15) is 21.6 Å². The summed E-state index contributed by atoms with van der Waals surface area (Å²) in [5.74, 6) is 0.269. The van der Waals surface area contributed by atoms with E-state index in [2.05, 4.69) is 0 Å². The van der Waals surface area contributed by atoms with E-state index >= 15 is 0 Å². The third kappa shape index (κ3) is 6.99. The van der Waals surface area contributed by atoms with E-state index in [4.69, 9.17) is 0 Å². The predicted octanol–water partition coefficient (Wildman–Crippen LogP) is 6.58. The van der Waals surface area contributed by atoms with E-state index in [1.807, 2.05) is 18.7 Å². The van der Waals surface area contributed by atoms with Gasteiger partial charge in [0, 0.05) is 25.5 Å². The average Bonchev–Trinajstić information content (AvgIpc) is 2.69. The Morgan fingerprint density at radius 2 is 1.69 bits per heavy atom. The molecule has 174 valence electrons. The Morgan fingerprint density at radius 1 is 1.06 bits per heavy atom. The molecule has 0 heterocycles. The van der Waals surface area contributed by atoms with Crippen molar-refractivity contribution in [2.75, 3.05) is 19.8 Å². The number of rotatable bonds is 8. The van der Waals surface area contributed by atoms with Gasteiger partial charge in [-0.15, -0.1) is 0 Å². The summed E-state index contributed by atoms with van der Waals surface area (Å²) < 4.78 is 64.3. The minimum Gasteiger partial charge on any atom is -0.374 e. The number of sulfone groups is 1. The van der Waals surface area contributed by atoms with Crippen LogP contribution in [0.3, 0.4) is 0 Å². The fraction of sp³-hybridized carbons (Fsp3) is 0.360. The first-order chi connectivity index (χ1) is 14.8. The number of nitrogens with zero attached hydrogens (tertiary/aromatic N) is 1. The zero-order valence-corrected chi connectivity index (χ0v) is 19.9. The molecule has 0 fully saturated rings. The molecular formula is C25H30F3NO2S. The van der Waals surface area contributed by atoms with Crippen molar-refractivity contribution < 1.29 is 21.6 Å². The molecule has 0 N–H and O–H groups in total. The maximum atomic E-state index is 13.5. The van der Waals surface area contributed by atoms with Crippen LogP contribution in [0.1, 0.15) is 32.8 Å². The zero-order valence-electron chi connectivity index (χ0n) is 19.1. The van der Waals surface area contributed by atoms with Gasteiger partial charge in [0.25, 0.3) is 0 Å². The van der Waals surface area contributed by atoms with Gasteiger partial charge in [0.15, 0.2) is 9.84 Å². The van der Waals surface area contributed by atoms with Crippen molar-refractivity contribution in [3.8, 4) is 11.1 Å². The van der Waals surface area contributed by atoms with Gasteiger partial charge in [0.2, 0.25) is 0 Å². The predicted molar refractivity (Wildman–Crippen MR) is 125 cm³/mol. The van der Waals surface area contributed by atoms with Crippen LogP contribution in [0, 0.1) is 5.92 Å². The maximum Gasteiger partial charge on any atom is 0.416 e. The molecule has 0 bridgehead atoms. The van der Waals surface area contributed by atoms with Crippen LogP contribution < -0.4 is 0 Å². The Kier molecular flexibility index (Phi) is 8.35. The Morgan fingerprint density at radius 3 is 2.19 bits per heavy atom. The molecule has 0 aliphatic carbocycles. The van der Waals surface area contributed by atoms with Gasteiger partial charge in [0.1, 0.15) is 0 Å². The van der Waals surface area contributed by atoms with Crippen LogP contribution in [0.5, 0.6) is 0 Å². The molecular weight excluding hydrogens is 435 g/mol. The van der Waals surface area contributed by atoms with Crippen LogP contribution in [0.4, 0.5) is 13.2 Å². The molecule has 0 aliphatic heterocycles. The van der Waals surface area contributed by atoms with Crippen molar-refractivity contribution >= 4 is 15.5 Å². The van der Waals surface area contributed by atoms with Gasteiger partial charge >= 0.3 is 6.18 Å². The highest BCUT2D eigenvalue weighted by molar-refractivity contribution is 7.90. The number of benzene rings is 2. The second-order valence-electron chi connectivity index (χ2n) is 8.25. The summed E-state index contributed by atoms with van der Waals surface area (Å²) in [4.78, 5) is 2.05. The molecule has 0 unspecified atom stereocenters. The number of hydrogen-bond donors (Lipinski definition) is 0. The van der Waals surface area contributed by atoms with Gasteiger partial charge < -0.3 is 4.90 Å². The fourth-order valence-corrected chi connectivity index (χ4v) is 4.09. The molecule has 0 aromatic heterocycles. The largest absolute Gasteiger partial charge is 0.416 e. The lowest BCUT2D eigenvalue weighted by Crippen LogP contribution is -2.23. The summed E-state index contributed by atoms with van der Waals surface area (Å²) in [5, 5.41) is 0. The van der Waals surface area contributed by atoms with Crippen LogP contribution in [0.15, 0.2) is 71.2 Å². The van der Waals surface area contributed by atoms with Crippen molar-refractivity contribution in [1.82, 2.24) is 4.90 Å². The molecule has 7 heteroatoms. The highest BCUT2D eigenvalue weighted by atomic mass is 32.2. The van der Waals surface area contributed by atoms with E-state index in [-0.39, 0.29) is 17.2 Å². The molecule has 0 spiro atoms. The second kappa shape index (κ2) is 10.4. The van der Waals surface area contributed by atoms with E-state index in [0.717, 1.165) is 17.4 Å². The molecule has 0 radical (unpaired) electrons. The topological polar surface area (TPSA) is 37.4 Å². The van der Waals surface area contributed by atoms with E-state index in [0.29, 0.717) is 17.8 Å². The zero-order chi connectivity index (χ0) is 24.1. The summed E-state index contributed by atoms with van der Waals surface area (Å²) in [6.07, 6.45) is -0.619. The molecule has 0 amide bonds. The first-order valence-corrected chi connectivity index (χ1v) is 12.3. The van der Waals surface area contributed by atoms with Crippen molar-refractivity contribution in [2.24, 2.45) is 5.92 Å². The summed E-state index contributed by atoms with van der Waals surface area (Å²) in [7, 11) is -1.55. The van der Waals surface area contributed by atoms with Crippen LogP contribution in [0.2, 0.25) is 0 Å². The number of allylic oxidation sites excluding steroid dienone is 3. The minimum absolute atomic E-state index is 0.218. The van der Waals surface area contributed by atoms with Crippen molar-refractivity contribution in [2.45, 2.75) is 38.3 Å². The highest BCUT2D eigenvalue weighted by Gasteiger charge is 2.32. The average molecular weight is 466 g/mol. The van der Waals surface area contributed by atoms with Crippen molar-refractivity contribution in [1.29, 1.82) is 0 Å². The van der Waals surface area contributed by atoms with Crippen molar-refractivity contribution in [3.05, 3.63) is 71.8 Å². The Hall–Kier alpha value is -2.54. The lowest BCUT2D eigenvalue weighted by atomic mass is 10.0. The molecule has 32 heavy (non-hydrogen) atoms. The maximum absolute atomic E-state index is 13.5. The summed E-state index contributed by atoms with van der Waals surface area (Å²) in [6, 6.07) is 13.7. The van der Waals surface area contributed by atoms with Gasteiger partial charge in [-0.2, -0.15) is 13.2 Å². The molecule has 3 nitrogen and oxygen atoms in total. The quantitative estimate of drug-likeness (QED) is 0.413. The molecule has 2 rings (SSSR count). The Bertz CT molecular complexity index is 1080. The summed E-state index contributed by atoms with van der Waals surface area (Å²) >= 11 is 0. The fourth-order valence-electron chi connectivity index (χ4n) is 3.42. The number of alkyl halides is 3.